The van der Waals surface area contributed by atoms with E-state index in [1.54, 1.807) is 7.11 Å². The number of rotatable bonds is 8. The third-order valence-electron chi connectivity index (χ3n) is 4.43. The van der Waals surface area contributed by atoms with Crippen LogP contribution in [-0.2, 0) is 6.54 Å². The quantitative estimate of drug-likeness (QED) is 0.590. The van der Waals surface area contributed by atoms with Crippen LogP contribution in [0.5, 0.6) is 5.75 Å². The highest BCUT2D eigenvalue weighted by Gasteiger charge is 2.14. The third kappa shape index (κ3) is 4.31. The molecule has 0 saturated heterocycles. The lowest BCUT2D eigenvalue weighted by Crippen LogP contribution is -2.17. The second-order valence-corrected chi connectivity index (χ2v) is 6.19. The molecule has 26 heavy (non-hydrogen) atoms. The summed E-state index contributed by atoms with van der Waals surface area (Å²) in [7, 11) is 1.72. The van der Waals surface area contributed by atoms with Crippen molar-refractivity contribution in [3.8, 4) is 28.0 Å². The molecule has 0 aliphatic heterocycles. The van der Waals surface area contributed by atoms with Crippen molar-refractivity contribution in [1.82, 2.24) is 5.32 Å². The van der Waals surface area contributed by atoms with E-state index in [1.165, 1.54) is 16.7 Å². The first-order valence-corrected chi connectivity index (χ1v) is 8.97. The zero-order valence-corrected chi connectivity index (χ0v) is 15.1. The predicted octanol–water partition coefficient (Wildman–Crippen LogP) is 4.50. The van der Waals surface area contributed by atoms with Crippen LogP contribution >= 0.6 is 0 Å². The summed E-state index contributed by atoms with van der Waals surface area (Å²) >= 11 is 0. The summed E-state index contributed by atoms with van der Waals surface area (Å²) in [6.45, 7) is 1.67. The van der Waals surface area contributed by atoms with Crippen LogP contribution in [0.25, 0.3) is 22.3 Å². The smallest absolute Gasteiger partial charge is 0.124 e. The number of aliphatic hydroxyl groups excluding tert-OH is 1. The van der Waals surface area contributed by atoms with Gasteiger partial charge in [0.05, 0.1) is 7.11 Å². The van der Waals surface area contributed by atoms with Crippen LogP contribution in [0.3, 0.4) is 0 Å². The molecule has 3 rings (SSSR count). The Hall–Kier alpha value is -2.62. The van der Waals surface area contributed by atoms with Crippen molar-refractivity contribution in [2.75, 3.05) is 20.3 Å². The van der Waals surface area contributed by atoms with Gasteiger partial charge < -0.3 is 15.2 Å². The Bertz CT molecular complexity index is 816. The summed E-state index contributed by atoms with van der Waals surface area (Å²) in [5.41, 5.74) is 5.78. The molecule has 3 nitrogen and oxygen atoms in total. The second kappa shape index (κ2) is 9.18. The third-order valence-corrected chi connectivity index (χ3v) is 4.43. The number of methoxy groups -OCH3 is 1. The number of ether oxygens (including phenoxy) is 1. The topological polar surface area (TPSA) is 41.5 Å². The minimum absolute atomic E-state index is 0.197. The molecule has 2 N–H and O–H groups in total. The Morgan fingerprint density at radius 3 is 2.12 bits per heavy atom. The minimum atomic E-state index is 0.197. The van der Waals surface area contributed by atoms with Gasteiger partial charge in [0, 0.05) is 18.7 Å². The first-order valence-electron chi connectivity index (χ1n) is 8.97. The highest BCUT2D eigenvalue weighted by atomic mass is 16.5. The van der Waals surface area contributed by atoms with Crippen LogP contribution in [0, 0.1) is 0 Å². The highest BCUT2D eigenvalue weighted by molar-refractivity contribution is 5.78. The summed E-state index contributed by atoms with van der Waals surface area (Å²) in [6, 6.07) is 25.1. The SMILES string of the molecule is COc1cc(-c2ccccc2)cc(-c2ccccc2)c1CNCCCO. The molecule has 0 aromatic heterocycles. The molecule has 3 heteroatoms. The zero-order valence-electron chi connectivity index (χ0n) is 15.1. The zero-order chi connectivity index (χ0) is 18.2. The van der Waals surface area contributed by atoms with E-state index in [-0.39, 0.29) is 6.61 Å². The van der Waals surface area contributed by atoms with Gasteiger partial charge in [-0.05, 0) is 47.4 Å². The summed E-state index contributed by atoms with van der Waals surface area (Å²) < 4.78 is 5.74. The van der Waals surface area contributed by atoms with Crippen molar-refractivity contribution in [2.45, 2.75) is 13.0 Å². The number of hydrogen-bond donors (Lipinski definition) is 2. The first-order chi connectivity index (χ1) is 12.8. The summed E-state index contributed by atoms with van der Waals surface area (Å²) in [5, 5.41) is 12.4. The van der Waals surface area contributed by atoms with Crippen LogP contribution in [0.15, 0.2) is 72.8 Å². The Morgan fingerprint density at radius 2 is 1.50 bits per heavy atom. The Labute approximate surface area is 155 Å². The lowest BCUT2D eigenvalue weighted by molar-refractivity contribution is 0.286. The fourth-order valence-corrected chi connectivity index (χ4v) is 3.10. The Balaban J connectivity index is 2.06. The molecular formula is C23H25NO2. The average Bonchev–Trinajstić information content (AvgIpc) is 2.72. The molecule has 0 fully saturated rings. The van der Waals surface area contributed by atoms with E-state index < -0.39 is 0 Å². The van der Waals surface area contributed by atoms with Crippen molar-refractivity contribution >= 4 is 0 Å². The van der Waals surface area contributed by atoms with Crippen LogP contribution < -0.4 is 10.1 Å². The molecule has 3 aromatic rings. The number of hydrogen-bond acceptors (Lipinski definition) is 3. The van der Waals surface area contributed by atoms with Gasteiger partial charge in [0.1, 0.15) is 5.75 Å². The fourth-order valence-electron chi connectivity index (χ4n) is 3.10. The molecule has 134 valence electrons. The molecular weight excluding hydrogens is 322 g/mol. The summed E-state index contributed by atoms with van der Waals surface area (Å²) in [5.74, 6) is 0.877. The summed E-state index contributed by atoms with van der Waals surface area (Å²) in [6.07, 6.45) is 0.741. The molecule has 0 aliphatic carbocycles. The van der Waals surface area contributed by atoms with Gasteiger partial charge in [0.25, 0.3) is 0 Å². The van der Waals surface area contributed by atoms with Gasteiger partial charge >= 0.3 is 0 Å². The standard InChI is InChI=1S/C23H25NO2/c1-26-23-16-20(18-9-4-2-5-10-18)15-21(19-11-6-3-7-12-19)22(23)17-24-13-8-14-25/h2-7,9-12,15-16,24-25H,8,13-14,17H2,1H3. The first kappa shape index (κ1) is 18.2. The second-order valence-electron chi connectivity index (χ2n) is 6.19. The van der Waals surface area contributed by atoms with Crippen molar-refractivity contribution < 1.29 is 9.84 Å². The van der Waals surface area contributed by atoms with Gasteiger partial charge in [-0.2, -0.15) is 0 Å². The van der Waals surface area contributed by atoms with E-state index in [2.05, 4.69) is 53.8 Å². The molecule has 3 aromatic carbocycles. The largest absolute Gasteiger partial charge is 0.496 e. The maximum absolute atomic E-state index is 8.99. The number of nitrogens with one attached hydrogen (secondary N) is 1. The minimum Gasteiger partial charge on any atom is -0.496 e. The highest BCUT2D eigenvalue weighted by Crippen LogP contribution is 2.36. The Kier molecular flexibility index (Phi) is 6.42. The predicted molar refractivity (Wildman–Crippen MR) is 107 cm³/mol. The van der Waals surface area contributed by atoms with Crippen LogP contribution in [0.4, 0.5) is 0 Å². The van der Waals surface area contributed by atoms with Crippen LogP contribution in [0.2, 0.25) is 0 Å². The molecule has 0 heterocycles. The van der Waals surface area contributed by atoms with E-state index in [0.29, 0.717) is 6.54 Å². The molecule has 0 amide bonds. The van der Waals surface area contributed by atoms with E-state index >= 15 is 0 Å². The Morgan fingerprint density at radius 1 is 0.846 bits per heavy atom. The molecule has 0 bridgehead atoms. The lowest BCUT2D eigenvalue weighted by Gasteiger charge is -2.17. The van der Waals surface area contributed by atoms with E-state index in [0.717, 1.165) is 29.8 Å². The van der Waals surface area contributed by atoms with Gasteiger partial charge in [-0.25, -0.2) is 0 Å². The van der Waals surface area contributed by atoms with Crippen LogP contribution in [0.1, 0.15) is 12.0 Å². The van der Waals surface area contributed by atoms with Gasteiger partial charge in [-0.3, -0.25) is 0 Å². The molecule has 0 saturated carbocycles. The maximum Gasteiger partial charge on any atom is 0.124 e. The maximum atomic E-state index is 8.99. The molecule has 0 aliphatic rings. The summed E-state index contributed by atoms with van der Waals surface area (Å²) in [4.78, 5) is 0. The van der Waals surface area contributed by atoms with Gasteiger partial charge in [0.15, 0.2) is 0 Å². The normalized spacial score (nSPS) is 10.7. The van der Waals surface area contributed by atoms with Crippen molar-refractivity contribution in [3.63, 3.8) is 0 Å². The van der Waals surface area contributed by atoms with E-state index in [9.17, 15) is 0 Å². The molecule has 0 spiro atoms. The van der Waals surface area contributed by atoms with Crippen molar-refractivity contribution in [3.05, 3.63) is 78.4 Å². The number of aliphatic hydroxyl groups is 1. The fraction of sp³-hybridized carbons (Fsp3) is 0.217. The van der Waals surface area contributed by atoms with Crippen LogP contribution in [-0.4, -0.2) is 25.4 Å². The van der Waals surface area contributed by atoms with Crippen molar-refractivity contribution in [1.29, 1.82) is 0 Å². The van der Waals surface area contributed by atoms with E-state index in [4.69, 9.17) is 9.84 Å². The molecule has 0 atom stereocenters. The van der Waals surface area contributed by atoms with Gasteiger partial charge in [0.2, 0.25) is 0 Å². The van der Waals surface area contributed by atoms with E-state index in [1.807, 2.05) is 24.3 Å². The lowest BCUT2D eigenvalue weighted by atomic mass is 9.93. The monoisotopic (exact) mass is 347 g/mol. The average molecular weight is 347 g/mol. The molecule has 0 radical (unpaired) electrons. The number of benzene rings is 3. The van der Waals surface area contributed by atoms with Crippen molar-refractivity contribution in [2.24, 2.45) is 0 Å². The van der Waals surface area contributed by atoms with Gasteiger partial charge in [-0.1, -0.05) is 60.7 Å². The molecule has 0 unspecified atom stereocenters. The van der Waals surface area contributed by atoms with Gasteiger partial charge in [-0.15, -0.1) is 0 Å².